The van der Waals surface area contributed by atoms with Crippen molar-refractivity contribution in [3.05, 3.63) is 95.0 Å². The molecule has 0 aliphatic carbocycles. The van der Waals surface area contributed by atoms with Gasteiger partial charge in [0.2, 0.25) is 0 Å². The molecular formula is C23H23ClN2O3S. The second-order valence-corrected chi connectivity index (χ2v) is 9.39. The molecule has 0 saturated carbocycles. The lowest BCUT2D eigenvalue weighted by Gasteiger charge is -2.26. The predicted molar refractivity (Wildman–Crippen MR) is 120 cm³/mol. The summed E-state index contributed by atoms with van der Waals surface area (Å²) in [6, 6.07) is 22.0. The van der Waals surface area contributed by atoms with Crippen molar-refractivity contribution in [2.75, 3.05) is 18.4 Å². The molecule has 0 bridgehead atoms. The first-order valence-electron chi connectivity index (χ1n) is 9.38. The number of rotatable bonds is 6. The Morgan fingerprint density at radius 1 is 0.900 bits per heavy atom. The minimum Gasteiger partial charge on any atom is -0.335 e. The maximum absolute atomic E-state index is 13.1. The summed E-state index contributed by atoms with van der Waals surface area (Å²) in [6.45, 7) is 1.91. The van der Waals surface area contributed by atoms with Gasteiger partial charge < -0.3 is 4.90 Å². The van der Waals surface area contributed by atoms with Crippen molar-refractivity contribution in [1.29, 1.82) is 0 Å². The molecule has 0 fully saturated rings. The molecule has 3 rings (SSSR count). The van der Waals surface area contributed by atoms with Crippen molar-refractivity contribution < 1.29 is 13.2 Å². The van der Waals surface area contributed by atoms with Gasteiger partial charge in [-0.1, -0.05) is 48.0 Å². The van der Waals surface area contributed by atoms with E-state index in [-0.39, 0.29) is 16.8 Å². The Hall–Kier alpha value is -2.83. The van der Waals surface area contributed by atoms with E-state index in [1.165, 1.54) is 23.5 Å². The van der Waals surface area contributed by atoms with Crippen molar-refractivity contribution in [3.8, 4) is 0 Å². The Bertz CT molecular complexity index is 1130. The van der Waals surface area contributed by atoms with Crippen LogP contribution in [0.3, 0.4) is 0 Å². The number of sulfonamides is 1. The fraction of sp³-hybridized carbons (Fsp3) is 0.174. The molecule has 0 aliphatic rings. The van der Waals surface area contributed by atoms with Gasteiger partial charge in [0.1, 0.15) is 0 Å². The van der Waals surface area contributed by atoms with E-state index in [4.69, 9.17) is 11.6 Å². The van der Waals surface area contributed by atoms with Crippen LogP contribution in [-0.4, -0.2) is 33.3 Å². The Balaban J connectivity index is 1.87. The van der Waals surface area contributed by atoms with Gasteiger partial charge in [-0.2, -0.15) is 0 Å². The van der Waals surface area contributed by atoms with E-state index < -0.39 is 10.0 Å². The summed E-state index contributed by atoms with van der Waals surface area (Å²) in [6.07, 6.45) is 0. The number of benzene rings is 3. The highest BCUT2D eigenvalue weighted by Crippen LogP contribution is 2.25. The van der Waals surface area contributed by atoms with Crippen LogP contribution >= 0.6 is 11.6 Å². The van der Waals surface area contributed by atoms with Crippen LogP contribution in [-0.2, 0) is 10.0 Å². The molecule has 0 aliphatic heterocycles. The number of halogens is 1. The Morgan fingerprint density at radius 3 is 2.17 bits per heavy atom. The van der Waals surface area contributed by atoms with E-state index in [1.807, 2.05) is 25.1 Å². The lowest BCUT2D eigenvalue weighted by Crippen LogP contribution is -2.30. The summed E-state index contributed by atoms with van der Waals surface area (Å²) in [4.78, 5) is 14.7. The second-order valence-electron chi connectivity index (χ2n) is 6.98. The van der Waals surface area contributed by atoms with Crippen LogP contribution in [0.1, 0.15) is 28.9 Å². The van der Waals surface area contributed by atoms with Gasteiger partial charge in [-0.25, -0.2) is 8.42 Å². The van der Waals surface area contributed by atoms with Gasteiger partial charge in [-0.05, 0) is 55.0 Å². The highest BCUT2D eigenvalue weighted by Gasteiger charge is 2.24. The number of hydrogen-bond donors (Lipinski definition) is 0. The fourth-order valence-electron chi connectivity index (χ4n) is 3.07. The molecule has 0 aromatic heterocycles. The third-order valence-corrected chi connectivity index (χ3v) is 7.15. The minimum absolute atomic E-state index is 0.0623. The molecule has 156 valence electrons. The van der Waals surface area contributed by atoms with Gasteiger partial charge in [0.25, 0.3) is 15.9 Å². The summed E-state index contributed by atoms with van der Waals surface area (Å²) >= 11 is 5.94. The van der Waals surface area contributed by atoms with Crippen LogP contribution in [0.4, 0.5) is 5.69 Å². The zero-order chi connectivity index (χ0) is 21.9. The lowest BCUT2D eigenvalue weighted by atomic mass is 10.1. The maximum atomic E-state index is 13.1. The molecule has 7 heteroatoms. The maximum Gasteiger partial charge on any atom is 0.264 e. The van der Waals surface area contributed by atoms with Crippen LogP contribution in [0.2, 0.25) is 5.02 Å². The Kier molecular flexibility index (Phi) is 6.48. The van der Waals surface area contributed by atoms with Crippen LogP contribution < -0.4 is 4.31 Å². The van der Waals surface area contributed by atoms with E-state index in [1.54, 1.807) is 60.5 Å². The highest BCUT2D eigenvalue weighted by molar-refractivity contribution is 7.92. The zero-order valence-corrected chi connectivity index (χ0v) is 18.6. The standard InChI is InChI=1S/C23H23ClN2O3S/c1-17(18-12-14-20(24)15-13-18)25(2)23(27)19-8-7-11-22(16-19)30(28,29)26(3)21-9-5-4-6-10-21/h4-17H,1-3H3. The number of carbonyl (C=O) groups is 1. The predicted octanol–water partition coefficient (Wildman–Crippen LogP) is 5.00. The molecule has 3 aromatic rings. The fourth-order valence-corrected chi connectivity index (χ4v) is 4.44. The van der Waals surface area contributed by atoms with E-state index in [0.717, 1.165) is 5.56 Å². The minimum atomic E-state index is -3.80. The van der Waals surface area contributed by atoms with E-state index in [9.17, 15) is 13.2 Å². The lowest BCUT2D eigenvalue weighted by molar-refractivity contribution is 0.0742. The van der Waals surface area contributed by atoms with Gasteiger partial charge in [-0.3, -0.25) is 9.10 Å². The van der Waals surface area contributed by atoms with Crippen LogP contribution in [0.5, 0.6) is 0 Å². The normalized spacial score (nSPS) is 12.3. The highest BCUT2D eigenvalue weighted by atomic mass is 35.5. The summed E-state index contributed by atoms with van der Waals surface area (Å²) in [5.74, 6) is -0.267. The molecule has 0 saturated heterocycles. The molecule has 0 heterocycles. The first kappa shape index (κ1) is 21.9. The third kappa shape index (κ3) is 4.50. The van der Waals surface area contributed by atoms with Crippen LogP contribution in [0.25, 0.3) is 0 Å². The summed E-state index contributed by atoms with van der Waals surface area (Å²) in [5.41, 5.74) is 1.78. The molecule has 0 N–H and O–H groups in total. The first-order chi connectivity index (χ1) is 14.2. The average Bonchev–Trinajstić information content (AvgIpc) is 2.78. The average molecular weight is 443 g/mol. The smallest absolute Gasteiger partial charge is 0.264 e. The molecule has 5 nitrogen and oxygen atoms in total. The SMILES string of the molecule is CC(c1ccc(Cl)cc1)N(C)C(=O)c1cccc(S(=O)(=O)N(C)c2ccccc2)c1. The number of amides is 1. The van der Waals surface area contributed by atoms with E-state index in [2.05, 4.69) is 0 Å². The zero-order valence-electron chi connectivity index (χ0n) is 17.0. The van der Waals surface area contributed by atoms with Gasteiger partial charge in [0.05, 0.1) is 16.6 Å². The molecule has 1 unspecified atom stereocenters. The second kappa shape index (κ2) is 8.90. The number of carbonyl (C=O) groups excluding carboxylic acids is 1. The topological polar surface area (TPSA) is 57.7 Å². The molecule has 1 atom stereocenters. The Labute approximate surface area is 182 Å². The van der Waals surface area contributed by atoms with Gasteiger partial charge in [-0.15, -0.1) is 0 Å². The van der Waals surface area contributed by atoms with Crippen molar-refractivity contribution in [3.63, 3.8) is 0 Å². The van der Waals surface area contributed by atoms with Crippen LogP contribution in [0.15, 0.2) is 83.8 Å². The van der Waals surface area contributed by atoms with Crippen molar-refractivity contribution in [1.82, 2.24) is 4.90 Å². The number of nitrogens with zero attached hydrogens (tertiary/aromatic N) is 2. The summed E-state index contributed by atoms with van der Waals surface area (Å²) < 4.78 is 27.3. The van der Waals surface area contributed by atoms with Crippen molar-refractivity contribution in [2.24, 2.45) is 0 Å². The van der Waals surface area contributed by atoms with E-state index in [0.29, 0.717) is 16.3 Å². The number of anilines is 1. The van der Waals surface area contributed by atoms with Gasteiger partial charge in [0.15, 0.2) is 0 Å². The van der Waals surface area contributed by atoms with Crippen molar-refractivity contribution >= 4 is 33.2 Å². The largest absolute Gasteiger partial charge is 0.335 e. The first-order valence-corrected chi connectivity index (χ1v) is 11.2. The molecule has 0 spiro atoms. The Morgan fingerprint density at radius 2 is 1.53 bits per heavy atom. The quantitative estimate of drug-likeness (QED) is 0.539. The number of para-hydroxylation sites is 1. The molecule has 0 radical (unpaired) electrons. The van der Waals surface area contributed by atoms with E-state index >= 15 is 0 Å². The third-order valence-electron chi connectivity index (χ3n) is 5.11. The molecule has 30 heavy (non-hydrogen) atoms. The molecular weight excluding hydrogens is 420 g/mol. The molecule has 3 aromatic carbocycles. The van der Waals surface area contributed by atoms with Crippen molar-refractivity contribution in [2.45, 2.75) is 17.9 Å². The molecule has 1 amide bonds. The van der Waals surface area contributed by atoms with Gasteiger partial charge in [0, 0.05) is 24.7 Å². The monoisotopic (exact) mass is 442 g/mol. The summed E-state index contributed by atoms with van der Waals surface area (Å²) in [5, 5.41) is 0.625. The van der Waals surface area contributed by atoms with Crippen LogP contribution in [0, 0.1) is 0 Å². The summed E-state index contributed by atoms with van der Waals surface area (Å²) in [7, 11) is -0.616. The number of hydrogen-bond acceptors (Lipinski definition) is 3. The van der Waals surface area contributed by atoms with Gasteiger partial charge >= 0.3 is 0 Å².